The summed E-state index contributed by atoms with van der Waals surface area (Å²) in [7, 11) is 0. The molecule has 1 aliphatic rings. The summed E-state index contributed by atoms with van der Waals surface area (Å²) in [6.07, 6.45) is 2.49. The van der Waals surface area contributed by atoms with Crippen molar-refractivity contribution in [3.63, 3.8) is 0 Å². The molecule has 1 heterocycles. The number of nitrogens with one attached hydrogen (secondary N) is 1. The van der Waals surface area contributed by atoms with Crippen LogP contribution in [0.25, 0.3) is 0 Å². The molecule has 1 saturated heterocycles. The molecule has 0 saturated carbocycles. The molecule has 0 radical (unpaired) electrons. The van der Waals surface area contributed by atoms with Crippen molar-refractivity contribution in [2.45, 2.75) is 38.3 Å². The van der Waals surface area contributed by atoms with Crippen molar-refractivity contribution in [1.82, 2.24) is 5.32 Å². The third kappa shape index (κ3) is 1.86. The molecule has 1 N–H and O–H groups in total. The van der Waals surface area contributed by atoms with Gasteiger partial charge in [0.15, 0.2) is 0 Å². The molecule has 1 aliphatic heterocycles. The van der Waals surface area contributed by atoms with Gasteiger partial charge in [-0.15, -0.1) is 0 Å². The predicted molar refractivity (Wildman–Crippen MR) is 63.3 cm³/mol. The highest BCUT2D eigenvalue weighted by atomic mass is 79.9. The van der Waals surface area contributed by atoms with Crippen LogP contribution >= 0.6 is 15.9 Å². The standard InChI is InChI=1S/C12H16BrN/c1-9-6-7-12(2,14-9)10-4-3-5-11(13)8-10/h3-5,8-9,14H,6-7H2,1-2H3. The fraction of sp³-hybridized carbons (Fsp3) is 0.500. The SMILES string of the molecule is CC1CCC(C)(c2cccc(Br)c2)N1. The van der Waals surface area contributed by atoms with E-state index >= 15 is 0 Å². The molecule has 0 spiro atoms. The van der Waals surface area contributed by atoms with Crippen molar-refractivity contribution >= 4 is 15.9 Å². The summed E-state index contributed by atoms with van der Waals surface area (Å²) in [5.74, 6) is 0. The van der Waals surface area contributed by atoms with Crippen LogP contribution in [-0.2, 0) is 5.54 Å². The topological polar surface area (TPSA) is 12.0 Å². The highest BCUT2D eigenvalue weighted by Crippen LogP contribution is 2.33. The zero-order valence-corrected chi connectivity index (χ0v) is 10.3. The van der Waals surface area contributed by atoms with Crippen LogP contribution in [0.3, 0.4) is 0 Å². The largest absolute Gasteiger partial charge is 0.305 e. The van der Waals surface area contributed by atoms with E-state index in [0.29, 0.717) is 6.04 Å². The number of hydrogen-bond acceptors (Lipinski definition) is 1. The first-order valence-electron chi connectivity index (χ1n) is 5.14. The summed E-state index contributed by atoms with van der Waals surface area (Å²) < 4.78 is 1.16. The molecule has 1 fully saturated rings. The maximum absolute atomic E-state index is 3.65. The molecule has 0 aliphatic carbocycles. The Balaban J connectivity index is 2.30. The van der Waals surface area contributed by atoms with Gasteiger partial charge in [-0.05, 0) is 44.4 Å². The summed E-state index contributed by atoms with van der Waals surface area (Å²) >= 11 is 3.52. The second-order valence-electron chi connectivity index (χ2n) is 4.43. The molecule has 1 aromatic carbocycles. The number of rotatable bonds is 1. The Morgan fingerprint density at radius 1 is 1.50 bits per heavy atom. The average Bonchev–Trinajstić information content (AvgIpc) is 2.48. The van der Waals surface area contributed by atoms with Gasteiger partial charge in [-0.25, -0.2) is 0 Å². The maximum Gasteiger partial charge on any atom is 0.0409 e. The molecule has 2 heteroatoms. The zero-order valence-electron chi connectivity index (χ0n) is 8.68. The van der Waals surface area contributed by atoms with Gasteiger partial charge in [-0.3, -0.25) is 0 Å². The molecule has 2 atom stereocenters. The minimum Gasteiger partial charge on any atom is -0.305 e. The summed E-state index contributed by atoms with van der Waals surface area (Å²) in [6, 6.07) is 9.24. The molecule has 0 aromatic heterocycles. The van der Waals surface area contributed by atoms with Crippen LogP contribution in [0.2, 0.25) is 0 Å². The van der Waals surface area contributed by atoms with Crippen molar-refractivity contribution in [1.29, 1.82) is 0 Å². The lowest BCUT2D eigenvalue weighted by molar-refractivity contribution is 0.413. The Labute approximate surface area is 94.0 Å². The molecule has 2 rings (SSSR count). The van der Waals surface area contributed by atoms with Crippen LogP contribution in [0.5, 0.6) is 0 Å². The van der Waals surface area contributed by atoms with Gasteiger partial charge in [0.2, 0.25) is 0 Å². The molecule has 0 amide bonds. The van der Waals surface area contributed by atoms with E-state index in [1.807, 2.05) is 0 Å². The van der Waals surface area contributed by atoms with Gasteiger partial charge in [0.1, 0.15) is 0 Å². The van der Waals surface area contributed by atoms with E-state index < -0.39 is 0 Å². The Morgan fingerprint density at radius 3 is 2.86 bits per heavy atom. The van der Waals surface area contributed by atoms with Gasteiger partial charge in [0.05, 0.1) is 0 Å². The predicted octanol–water partition coefficient (Wildman–Crippen LogP) is 3.44. The second-order valence-corrected chi connectivity index (χ2v) is 5.34. The fourth-order valence-corrected chi connectivity index (χ4v) is 2.65. The zero-order chi connectivity index (χ0) is 10.2. The first-order chi connectivity index (χ1) is 6.60. The van der Waals surface area contributed by atoms with Crippen LogP contribution in [0, 0.1) is 0 Å². The highest BCUT2D eigenvalue weighted by molar-refractivity contribution is 9.10. The summed E-state index contributed by atoms with van der Waals surface area (Å²) in [6.45, 7) is 4.54. The lowest BCUT2D eigenvalue weighted by Gasteiger charge is -2.26. The van der Waals surface area contributed by atoms with Gasteiger partial charge >= 0.3 is 0 Å². The van der Waals surface area contributed by atoms with Crippen LogP contribution in [0.1, 0.15) is 32.3 Å². The Hall–Kier alpha value is -0.340. The lowest BCUT2D eigenvalue weighted by Crippen LogP contribution is -2.36. The quantitative estimate of drug-likeness (QED) is 0.809. The lowest BCUT2D eigenvalue weighted by atomic mass is 9.91. The van der Waals surface area contributed by atoms with E-state index in [4.69, 9.17) is 0 Å². The Morgan fingerprint density at radius 2 is 2.29 bits per heavy atom. The van der Waals surface area contributed by atoms with Crippen LogP contribution < -0.4 is 5.32 Å². The summed E-state index contributed by atoms with van der Waals surface area (Å²) in [5, 5.41) is 3.65. The monoisotopic (exact) mass is 253 g/mol. The first kappa shape index (κ1) is 10.2. The highest BCUT2D eigenvalue weighted by Gasteiger charge is 2.33. The maximum atomic E-state index is 3.65. The fourth-order valence-electron chi connectivity index (χ4n) is 2.25. The van der Waals surface area contributed by atoms with E-state index in [0.717, 1.165) is 4.47 Å². The minimum absolute atomic E-state index is 0.170. The van der Waals surface area contributed by atoms with Crippen molar-refractivity contribution in [3.05, 3.63) is 34.3 Å². The Kier molecular flexibility index (Phi) is 2.67. The smallest absolute Gasteiger partial charge is 0.0409 e. The van der Waals surface area contributed by atoms with E-state index in [1.54, 1.807) is 0 Å². The molecule has 14 heavy (non-hydrogen) atoms. The van der Waals surface area contributed by atoms with Gasteiger partial charge in [-0.1, -0.05) is 28.1 Å². The third-order valence-electron chi connectivity index (χ3n) is 3.10. The first-order valence-corrected chi connectivity index (χ1v) is 5.93. The van der Waals surface area contributed by atoms with E-state index in [-0.39, 0.29) is 5.54 Å². The van der Waals surface area contributed by atoms with Crippen molar-refractivity contribution < 1.29 is 0 Å². The summed E-state index contributed by atoms with van der Waals surface area (Å²) in [5.41, 5.74) is 1.56. The molecule has 1 aromatic rings. The van der Waals surface area contributed by atoms with Crippen LogP contribution in [-0.4, -0.2) is 6.04 Å². The number of benzene rings is 1. The van der Waals surface area contributed by atoms with E-state index in [9.17, 15) is 0 Å². The molecular formula is C12H16BrN. The van der Waals surface area contributed by atoms with Crippen molar-refractivity contribution in [2.75, 3.05) is 0 Å². The summed E-state index contributed by atoms with van der Waals surface area (Å²) in [4.78, 5) is 0. The van der Waals surface area contributed by atoms with Crippen molar-refractivity contribution in [3.8, 4) is 0 Å². The van der Waals surface area contributed by atoms with Crippen LogP contribution in [0.4, 0.5) is 0 Å². The van der Waals surface area contributed by atoms with E-state index in [1.165, 1.54) is 18.4 Å². The number of halogens is 1. The molecule has 76 valence electrons. The Bertz CT molecular complexity index is 337. The molecule has 1 nitrogen and oxygen atoms in total. The van der Waals surface area contributed by atoms with Gasteiger partial charge < -0.3 is 5.32 Å². The van der Waals surface area contributed by atoms with Gasteiger partial charge in [0.25, 0.3) is 0 Å². The van der Waals surface area contributed by atoms with Crippen molar-refractivity contribution in [2.24, 2.45) is 0 Å². The molecule has 2 unspecified atom stereocenters. The minimum atomic E-state index is 0.170. The average molecular weight is 254 g/mol. The van der Waals surface area contributed by atoms with E-state index in [2.05, 4.69) is 59.4 Å². The normalized spacial score (nSPS) is 32.1. The second kappa shape index (κ2) is 3.67. The van der Waals surface area contributed by atoms with Gasteiger partial charge in [0, 0.05) is 16.1 Å². The van der Waals surface area contributed by atoms with Gasteiger partial charge in [-0.2, -0.15) is 0 Å². The number of hydrogen-bond donors (Lipinski definition) is 1. The third-order valence-corrected chi connectivity index (χ3v) is 3.60. The van der Waals surface area contributed by atoms with Crippen LogP contribution in [0.15, 0.2) is 28.7 Å². The molecule has 0 bridgehead atoms. The molecular weight excluding hydrogens is 238 g/mol.